The summed E-state index contributed by atoms with van der Waals surface area (Å²) in [5.74, 6) is 0. The normalized spacial score (nSPS) is 7.43. The summed E-state index contributed by atoms with van der Waals surface area (Å²) in [6, 6.07) is 46.2. The summed E-state index contributed by atoms with van der Waals surface area (Å²) in [5.41, 5.74) is 5.33. The summed E-state index contributed by atoms with van der Waals surface area (Å²) < 4.78 is 4.58. The molecule has 7 rings (SSSR count). The van der Waals surface area contributed by atoms with Crippen LogP contribution in [0.15, 0.2) is 192 Å². The molecule has 0 radical (unpaired) electrons. The zero-order valence-corrected chi connectivity index (χ0v) is 36.5. The van der Waals surface area contributed by atoms with Gasteiger partial charge in [0.15, 0.2) is 0 Å². The zero-order valence-electron chi connectivity index (χ0n) is 35.7. The van der Waals surface area contributed by atoms with Crippen LogP contribution in [0.25, 0.3) is 0 Å². The summed E-state index contributed by atoms with van der Waals surface area (Å²) >= 11 is 1.71. The lowest BCUT2D eigenvalue weighted by molar-refractivity contribution is 0.567. The van der Waals surface area contributed by atoms with E-state index in [1.54, 1.807) is 36.3 Å². The molecular weight excluding hydrogens is 665 g/mol. The van der Waals surface area contributed by atoms with Gasteiger partial charge in [0.2, 0.25) is 0 Å². The first-order valence-electron chi connectivity index (χ1n) is 19.0. The Balaban J connectivity index is -0.000000163. The van der Waals surface area contributed by atoms with Gasteiger partial charge >= 0.3 is 0 Å². The molecule has 0 aliphatic rings. The second-order valence-corrected chi connectivity index (χ2v) is 9.78. The van der Waals surface area contributed by atoms with E-state index in [1.807, 2.05) is 183 Å². The quantitative estimate of drug-likeness (QED) is 0.168. The molecule has 0 amide bonds. The van der Waals surface area contributed by atoms with Crippen LogP contribution in [0.4, 0.5) is 0 Å². The number of pyridine rings is 1. The second-order valence-electron chi connectivity index (χ2n) is 8.96. The first-order valence-corrected chi connectivity index (χ1v) is 20.0. The van der Waals surface area contributed by atoms with E-state index in [4.69, 9.17) is 0 Å². The standard InChI is InChI=1S/2C8H10.C6H6.C5H5N.C4H5N.C4H4O.C4H4S.5C2H6/c1-7-3-5-8(2)6-4-7;1-7-4-3-5-8(2)6-7;2*1-2-4-6-5-3-1;3*1-2-4-5-3-1;5*1-2/h2*3-6H,1-2H3;1-6H;1-5H;1-5H;2*1-4H;5*1-2H3. The van der Waals surface area contributed by atoms with Crippen molar-refractivity contribution in [3.8, 4) is 0 Å². The minimum Gasteiger partial charge on any atom is -0.473 e. The number of aromatic nitrogens is 2. The maximum absolute atomic E-state index is 4.58. The van der Waals surface area contributed by atoms with Gasteiger partial charge in [-0.3, -0.25) is 4.98 Å². The number of nitrogens with one attached hydrogen (secondary N) is 1. The Morgan fingerprint density at radius 3 is 0.925 bits per heavy atom. The smallest absolute Gasteiger partial charge is 0.0902 e. The van der Waals surface area contributed by atoms with E-state index in [-0.39, 0.29) is 0 Å². The third kappa shape index (κ3) is 54.0. The van der Waals surface area contributed by atoms with Gasteiger partial charge in [0.1, 0.15) is 0 Å². The molecule has 7 aromatic rings. The molecule has 0 aliphatic heterocycles. The number of thiophene rings is 1. The number of rotatable bonds is 0. The Morgan fingerprint density at radius 1 is 0.396 bits per heavy atom. The highest BCUT2D eigenvalue weighted by atomic mass is 32.1. The first-order chi connectivity index (χ1) is 26.1. The fraction of sp³-hybridized carbons (Fsp3) is 0.286. The van der Waals surface area contributed by atoms with Crippen molar-refractivity contribution in [2.75, 3.05) is 0 Å². The van der Waals surface area contributed by atoms with E-state index in [9.17, 15) is 0 Å². The molecule has 3 nitrogen and oxygen atoms in total. The number of aromatic amines is 1. The Kier molecular flexibility index (Phi) is 61.1. The van der Waals surface area contributed by atoms with Crippen molar-refractivity contribution in [2.45, 2.75) is 96.9 Å². The molecule has 292 valence electrons. The number of H-pyrrole nitrogens is 1. The van der Waals surface area contributed by atoms with Crippen LogP contribution in [0.3, 0.4) is 0 Å². The molecule has 0 saturated heterocycles. The number of hydrogen-bond donors (Lipinski definition) is 1. The van der Waals surface area contributed by atoms with Gasteiger partial charge in [-0.05, 0) is 74.9 Å². The van der Waals surface area contributed by atoms with Gasteiger partial charge in [0, 0.05) is 24.8 Å². The van der Waals surface area contributed by atoms with Crippen LogP contribution in [0, 0.1) is 27.7 Å². The molecule has 0 atom stereocenters. The molecule has 0 saturated carbocycles. The molecule has 0 unspecified atom stereocenters. The monoisotopic (exact) mass is 739 g/mol. The van der Waals surface area contributed by atoms with Crippen molar-refractivity contribution in [3.63, 3.8) is 0 Å². The van der Waals surface area contributed by atoms with Gasteiger partial charge in [-0.2, -0.15) is 11.3 Å². The number of furan rings is 1. The number of nitrogens with zero attached hydrogens (tertiary/aromatic N) is 1. The van der Waals surface area contributed by atoms with E-state index < -0.39 is 0 Å². The largest absolute Gasteiger partial charge is 0.473 e. The minimum atomic E-state index is 1.33. The third-order valence-corrected chi connectivity index (χ3v) is 5.60. The van der Waals surface area contributed by atoms with Crippen molar-refractivity contribution in [3.05, 3.63) is 210 Å². The lowest BCUT2D eigenvalue weighted by Gasteiger charge is -1.90. The van der Waals surface area contributed by atoms with E-state index in [2.05, 4.69) is 90.6 Å². The third-order valence-electron chi connectivity index (χ3n) is 4.97. The number of hydrogen-bond acceptors (Lipinski definition) is 3. The fourth-order valence-electron chi connectivity index (χ4n) is 2.87. The molecule has 0 bridgehead atoms. The lowest BCUT2D eigenvalue weighted by atomic mass is 10.2. The van der Waals surface area contributed by atoms with Crippen molar-refractivity contribution in [2.24, 2.45) is 0 Å². The topological polar surface area (TPSA) is 41.8 Å². The van der Waals surface area contributed by atoms with Crippen molar-refractivity contribution in [1.82, 2.24) is 9.97 Å². The van der Waals surface area contributed by atoms with Crippen molar-refractivity contribution in [1.29, 1.82) is 0 Å². The van der Waals surface area contributed by atoms with Crippen LogP contribution < -0.4 is 0 Å². The van der Waals surface area contributed by atoms with E-state index in [0.29, 0.717) is 0 Å². The molecule has 53 heavy (non-hydrogen) atoms. The van der Waals surface area contributed by atoms with Crippen LogP contribution in [-0.4, -0.2) is 9.97 Å². The van der Waals surface area contributed by atoms with Crippen LogP contribution in [-0.2, 0) is 0 Å². The van der Waals surface area contributed by atoms with Crippen LogP contribution >= 0.6 is 11.3 Å². The highest BCUT2D eigenvalue weighted by Gasteiger charge is 1.81. The fourth-order valence-corrected chi connectivity index (χ4v) is 3.33. The predicted octanol–water partition coefficient (Wildman–Crippen LogP) is 16.5. The summed E-state index contributed by atoms with van der Waals surface area (Å²) in [7, 11) is 0. The van der Waals surface area contributed by atoms with E-state index in [0.717, 1.165) is 0 Å². The Labute approximate surface area is 331 Å². The lowest BCUT2D eigenvalue weighted by Crippen LogP contribution is -1.71. The van der Waals surface area contributed by atoms with Crippen molar-refractivity contribution < 1.29 is 4.42 Å². The SMILES string of the molecule is CC.CC.CC.CC.CC.Cc1ccc(C)cc1.Cc1cccc(C)c1.c1cc[nH]c1.c1ccccc1.c1ccncc1.c1ccoc1.c1ccsc1. The number of aryl methyl sites for hydroxylation is 4. The van der Waals surface area contributed by atoms with Gasteiger partial charge in [0.05, 0.1) is 12.5 Å². The zero-order chi connectivity index (χ0) is 41.1. The summed E-state index contributed by atoms with van der Waals surface area (Å²) in [4.78, 5) is 6.65. The maximum Gasteiger partial charge on any atom is 0.0902 e. The average molecular weight is 739 g/mol. The van der Waals surface area contributed by atoms with E-state index >= 15 is 0 Å². The first kappa shape index (κ1) is 57.4. The molecular formula is C49H74N2OS. The Morgan fingerprint density at radius 2 is 0.755 bits per heavy atom. The maximum atomic E-state index is 4.58. The highest BCUT2D eigenvalue weighted by Crippen LogP contribution is 2.00. The Bertz CT molecular complexity index is 1180. The molecule has 1 N–H and O–H groups in total. The second kappa shape index (κ2) is 56.4. The molecule has 4 aromatic heterocycles. The molecule has 4 heterocycles. The highest BCUT2D eigenvalue weighted by molar-refractivity contribution is 7.07. The summed E-state index contributed by atoms with van der Waals surface area (Å²) in [6.07, 6.45) is 10.5. The van der Waals surface area contributed by atoms with E-state index in [1.165, 1.54) is 22.3 Å². The van der Waals surface area contributed by atoms with Crippen molar-refractivity contribution >= 4 is 11.3 Å². The minimum absolute atomic E-state index is 1.33. The molecule has 0 aliphatic carbocycles. The van der Waals surface area contributed by atoms with Crippen LogP contribution in [0.5, 0.6) is 0 Å². The van der Waals surface area contributed by atoms with Gasteiger partial charge in [-0.15, -0.1) is 0 Å². The van der Waals surface area contributed by atoms with Gasteiger partial charge in [-0.1, -0.05) is 195 Å². The summed E-state index contributed by atoms with van der Waals surface area (Å²) in [6.45, 7) is 28.4. The Hall–Kier alpha value is -4.93. The predicted molar refractivity (Wildman–Crippen MR) is 243 cm³/mol. The molecule has 0 fully saturated rings. The number of benzene rings is 3. The molecule has 0 spiro atoms. The summed E-state index contributed by atoms with van der Waals surface area (Å²) in [5, 5.41) is 4.08. The average Bonchev–Trinajstić information content (AvgIpc) is 4.11. The van der Waals surface area contributed by atoms with Gasteiger partial charge < -0.3 is 9.40 Å². The molecule has 3 aromatic carbocycles. The van der Waals surface area contributed by atoms with Crippen LogP contribution in [0.1, 0.15) is 91.5 Å². The van der Waals surface area contributed by atoms with Gasteiger partial charge in [-0.25, -0.2) is 0 Å². The van der Waals surface area contributed by atoms with Gasteiger partial charge in [0.25, 0.3) is 0 Å². The molecule has 4 heteroatoms. The van der Waals surface area contributed by atoms with Crippen LogP contribution in [0.2, 0.25) is 0 Å².